The van der Waals surface area contributed by atoms with Crippen LogP contribution in [0.4, 0.5) is 0 Å². The van der Waals surface area contributed by atoms with E-state index in [1.165, 1.54) is 26.4 Å². The normalized spacial score (nSPS) is 13.6. The number of methoxy groups -OCH3 is 3. The molecule has 0 N–H and O–H groups in total. The predicted molar refractivity (Wildman–Crippen MR) is 116 cm³/mol. The zero-order valence-corrected chi connectivity index (χ0v) is 18.5. The first-order valence-electron chi connectivity index (χ1n) is 10.6. The maximum atomic E-state index is 11.9. The van der Waals surface area contributed by atoms with Gasteiger partial charge in [-0.2, -0.15) is 0 Å². The van der Waals surface area contributed by atoms with Crippen molar-refractivity contribution in [1.29, 1.82) is 0 Å². The Hall–Kier alpha value is -1.57. The van der Waals surface area contributed by atoms with Gasteiger partial charge in [-0.3, -0.25) is 4.79 Å². The van der Waals surface area contributed by atoms with Crippen LogP contribution in [-0.4, -0.2) is 33.6 Å². The number of hydrogen-bond acceptors (Lipinski definition) is 4. The van der Waals surface area contributed by atoms with Crippen molar-refractivity contribution in [3.63, 3.8) is 0 Å². The summed E-state index contributed by atoms with van der Waals surface area (Å²) < 4.78 is 15.4. The maximum absolute atomic E-state index is 11.9. The summed E-state index contributed by atoms with van der Waals surface area (Å²) in [6.45, 7) is 4.38. The fourth-order valence-electron chi connectivity index (χ4n) is 2.97. The van der Waals surface area contributed by atoms with Gasteiger partial charge in [0.1, 0.15) is 0 Å². The summed E-state index contributed by atoms with van der Waals surface area (Å²) in [4.78, 5) is 11.9. The third-order valence-electron chi connectivity index (χ3n) is 4.74. The molecular formula is C24H40O4. The van der Waals surface area contributed by atoms with E-state index in [9.17, 15) is 4.79 Å². The van der Waals surface area contributed by atoms with E-state index >= 15 is 0 Å². The second-order valence-electron chi connectivity index (χ2n) is 6.97. The highest BCUT2D eigenvalue weighted by atomic mass is 16.7. The predicted octanol–water partition coefficient (Wildman–Crippen LogP) is 5.68. The van der Waals surface area contributed by atoms with Crippen molar-refractivity contribution in [3.05, 3.63) is 24.3 Å². The van der Waals surface area contributed by atoms with Crippen LogP contribution in [0.5, 0.6) is 0 Å². The van der Waals surface area contributed by atoms with Gasteiger partial charge >= 0.3 is 5.97 Å². The SMILES string of the molecule is CCCCCC#C/C=C/C(CC(=O)OC)C(/C=C/C(OC)OC)CCCCC. The standard InChI is InChI=1S/C24H40O4/c1-6-8-10-11-12-13-15-17-22(20-23(25)26-3)21(16-14-9-7-2)18-19-24(27-4)28-5/h15,17-19,21-22,24H,6-11,14,16,20H2,1-5H3/b17-15+,19-18+. The molecule has 0 aliphatic heterocycles. The van der Waals surface area contributed by atoms with Crippen molar-refractivity contribution in [2.24, 2.45) is 11.8 Å². The average molecular weight is 393 g/mol. The van der Waals surface area contributed by atoms with Gasteiger partial charge in [0.25, 0.3) is 0 Å². The Morgan fingerprint density at radius 3 is 2.18 bits per heavy atom. The van der Waals surface area contributed by atoms with E-state index in [1.807, 2.05) is 12.2 Å². The van der Waals surface area contributed by atoms with Crippen LogP contribution in [0.15, 0.2) is 24.3 Å². The Labute approximate surface area is 172 Å². The van der Waals surface area contributed by atoms with Crippen LogP contribution in [0.25, 0.3) is 0 Å². The molecule has 2 atom stereocenters. The number of unbranched alkanes of at least 4 members (excludes halogenated alkanes) is 5. The van der Waals surface area contributed by atoms with E-state index < -0.39 is 0 Å². The van der Waals surface area contributed by atoms with E-state index in [4.69, 9.17) is 14.2 Å². The molecule has 4 nitrogen and oxygen atoms in total. The second kappa shape index (κ2) is 18.8. The first-order valence-corrected chi connectivity index (χ1v) is 10.6. The molecule has 2 unspecified atom stereocenters. The number of carbonyl (C=O) groups excluding carboxylic acids is 1. The van der Waals surface area contributed by atoms with Crippen LogP contribution in [0.1, 0.15) is 71.6 Å². The van der Waals surface area contributed by atoms with Crippen molar-refractivity contribution in [2.75, 3.05) is 21.3 Å². The summed E-state index contributed by atoms with van der Waals surface area (Å²) in [5.41, 5.74) is 0. The van der Waals surface area contributed by atoms with Gasteiger partial charge in [0.15, 0.2) is 6.29 Å². The van der Waals surface area contributed by atoms with Gasteiger partial charge in [-0.15, -0.1) is 0 Å². The first-order chi connectivity index (χ1) is 13.6. The summed E-state index contributed by atoms with van der Waals surface area (Å²) in [5, 5.41) is 0. The fourth-order valence-corrected chi connectivity index (χ4v) is 2.97. The number of ether oxygens (including phenoxy) is 3. The van der Waals surface area contributed by atoms with Crippen LogP contribution in [0.3, 0.4) is 0 Å². The number of esters is 1. The highest BCUT2D eigenvalue weighted by Crippen LogP contribution is 2.26. The Morgan fingerprint density at radius 2 is 1.57 bits per heavy atom. The van der Waals surface area contributed by atoms with Crippen LogP contribution in [0, 0.1) is 23.7 Å². The lowest BCUT2D eigenvalue weighted by Gasteiger charge is -2.22. The third kappa shape index (κ3) is 13.6. The van der Waals surface area contributed by atoms with Crippen molar-refractivity contribution in [1.82, 2.24) is 0 Å². The van der Waals surface area contributed by atoms with Crippen LogP contribution in [0.2, 0.25) is 0 Å². The van der Waals surface area contributed by atoms with Crippen molar-refractivity contribution >= 4 is 5.97 Å². The van der Waals surface area contributed by atoms with Gasteiger partial charge in [0.2, 0.25) is 0 Å². The molecule has 0 aliphatic rings. The lowest BCUT2D eigenvalue weighted by molar-refractivity contribution is -0.141. The Balaban J connectivity index is 5.23. The van der Waals surface area contributed by atoms with Gasteiger partial charge in [-0.1, -0.05) is 69.9 Å². The maximum Gasteiger partial charge on any atom is 0.306 e. The van der Waals surface area contributed by atoms with E-state index in [2.05, 4.69) is 37.8 Å². The Morgan fingerprint density at radius 1 is 0.893 bits per heavy atom. The largest absolute Gasteiger partial charge is 0.469 e. The summed E-state index contributed by atoms with van der Waals surface area (Å²) in [6, 6.07) is 0. The molecule has 0 heterocycles. The van der Waals surface area contributed by atoms with Crippen LogP contribution in [-0.2, 0) is 19.0 Å². The van der Waals surface area contributed by atoms with Gasteiger partial charge < -0.3 is 14.2 Å². The molecule has 28 heavy (non-hydrogen) atoms. The van der Waals surface area contributed by atoms with Gasteiger partial charge in [0, 0.05) is 20.6 Å². The van der Waals surface area contributed by atoms with E-state index in [1.54, 1.807) is 14.2 Å². The molecule has 0 aliphatic carbocycles. The number of hydrogen-bond donors (Lipinski definition) is 0. The zero-order chi connectivity index (χ0) is 21.0. The minimum Gasteiger partial charge on any atom is -0.469 e. The topological polar surface area (TPSA) is 44.8 Å². The minimum absolute atomic E-state index is 0.0415. The molecule has 0 radical (unpaired) electrons. The molecule has 0 rings (SSSR count). The highest BCUT2D eigenvalue weighted by Gasteiger charge is 2.20. The average Bonchev–Trinajstić information content (AvgIpc) is 2.71. The summed E-state index contributed by atoms with van der Waals surface area (Å²) in [7, 11) is 4.67. The molecule has 0 saturated carbocycles. The molecule has 4 heteroatoms. The smallest absolute Gasteiger partial charge is 0.306 e. The summed E-state index contributed by atoms with van der Waals surface area (Å²) >= 11 is 0. The molecule has 0 bridgehead atoms. The molecule has 0 fully saturated rings. The van der Waals surface area contributed by atoms with E-state index in [-0.39, 0.29) is 24.1 Å². The molecule has 0 aromatic heterocycles. The van der Waals surface area contributed by atoms with Crippen molar-refractivity contribution < 1.29 is 19.0 Å². The van der Waals surface area contributed by atoms with Crippen molar-refractivity contribution in [3.8, 4) is 11.8 Å². The number of carbonyl (C=O) groups is 1. The molecule has 0 amide bonds. The molecule has 0 aromatic rings. The second-order valence-corrected chi connectivity index (χ2v) is 6.97. The number of allylic oxidation sites excluding steroid dienone is 3. The van der Waals surface area contributed by atoms with Gasteiger partial charge in [-0.25, -0.2) is 0 Å². The molecule has 160 valence electrons. The quantitative estimate of drug-likeness (QED) is 0.118. The van der Waals surface area contributed by atoms with Crippen LogP contribution >= 0.6 is 0 Å². The number of rotatable bonds is 15. The van der Waals surface area contributed by atoms with Gasteiger partial charge in [-0.05, 0) is 36.8 Å². The zero-order valence-electron chi connectivity index (χ0n) is 18.5. The van der Waals surface area contributed by atoms with Gasteiger partial charge in [0.05, 0.1) is 13.5 Å². The summed E-state index contributed by atoms with van der Waals surface area (Å²) in [5.74, 6) is 6.36. The Kier molecular flexibility index (Phi) is 17.7. The third-order valence-corrected chi connectivity index (χ3v) is 4.74. The van der Waals surface area contributed by atoms with Crippen molar-refractivity contribution in [2.45, 2.75) is 77.9 Å². The van der Waals surface area contributed by atoms with E-state index in [0.29, 0.717) is 6.42 Å². The fraction of sp³-hybridized carbons (Fsp3) is 0.708. The van der Waals surface area contributed by atoms with E-state index in [0.717, 1.165) is 32.1 Å². The minimum atomic E-state index is -0.380. The molecule has 0 aromatic carbocycles. The summed E-state index contributed by atoms with van der Waals surface area (Å²) in [6.07, 6.45) is 16.9. The lowest BCUT2D eigenvalue weighted by atomic mass is 9.84. The molecule has 0 saturated heterocycles. The first kappa shape index (κ1) is 26.4. The van der Waals surface area contributed by atoms with Crippen LogP contribution < -0.4 is 0 Å². The monoisotopic (exact) mass is 392 g/mol. The Bertz CT molecular complexity index is 494. The lowest BCUT2D eigenvalue weighted by Crippen LogP contribution is -2.18. The highest BCUT2D eigenvalue weighted by molar-refractivity contribution is 5.69. The molecule has 0 spiro atoms. The molecular weight excluding hydrogens is 352 g/mol.